The predicted molar refractivity (Wildman–Crippen MR) is 72.2 cm³/mol. The van der Waals surface area contributed by atoms with Crippen molar-refractivity contribution in [1.29, 1.82) is 0 Å². The number of benzene rings is 1. The average molecular weight is 252 g/mol. The van der Waals surface area contributed by atoms with Crippen molar-refractivity contribution in [3.63, 3.8) is 0 Å². The van der Waals surface area contributed by atoms with Crippen molar-refractivity contribution in [2.75, 3.05) is 6.61 Å². The molecule has 0 aliphatic heterocycles. The van der Waals surface area contributed by atoms with Crippen LogP contribution >= 0.6 is 0 Å². The average Bonchev–Trinajstić information content (AvgIpc) is 2.35. The second-order valence-electron chi connectivity index (χ2n) is 4.92. The van der Waals surface area contributed by atoms with Gasteiger partial charge in [-0.1, -0.05) is 37.3 Å². The zero-order chi connectivity index (χ0) is 13.6. The van der Waals surface area contributed by atoms with Gasteiger partial charge in [-0.05, 0) is 25.8 Å². The fourth-order valence-electron chi connectivity index (χ4n) is 2.22. The minimum absolute atomic E-state index is 0.355. The van der Waals surface area contributed by atoms with Gasteiger partial charge in [-0.3, -0.25) is 0 Å². The Labute approximate surface area is 109 Å². The highest BCUT2D eigenvalue weighted by atomic mass is 16.5. The van der Waals surface area contributed by atoms with E-state index in [9.17, 15) is 10.2 Å². The number of hydrogen-bond donors (Lipinski definition) is 2. The minimum atomic E-state index is -0.599. The molecule has 0 fully saturated rings. The predicted octanol–water partition coefficient (Wildman–Crippen LogP) is 2.36. The summed E-state index contributed by atoms with van der Waals surface area (Å²) in [5.74, 6) is 0. The molecule has 0 aliphatic rings. The van der Waals surface area contributed by atoms with Crippen molar-refractivity contribution in [3.8, 4) is 0 Å². The van der Waals surface area contributed by atoms with Crippen molar-refractivity contribution in [2.24, 2.45) is 5.41 Å². The van der Waals surface area contributed by atoms with E-state index in [4.69, 9.17) is 4.74 Å². The SMILES string of the molecule is CCC(COCc1ccccc1)(C(C)O)C(C)O. The maximum atomic E-state index is 9.89. The largest absolute Gasteiger partial charge is 0.393 e. The Morgan fingerprint density at radius 3 is 2.11 bits per heavy atom. The van der Waals surface area contributed by atoms with Crippen LogP contribution < -0.4 is 0 Å². The van der Waals surface area contributed by atoms with E-state index in [2.05, 4.69) is 0 Å². The molecule has 3 nitrogen and oxygen atoms in total. The van der Waals surface area contributed by atoms with Gasteiger partial charge in [0.25, 0.3) is 0 Å². The number of hydrogen-bond acceptors (Lipinski definition) is 3. The highest BCUT2D eigenvalue weighted by Gasteiger charge is 2.38. The normalized spacial score (nSPS) is 18.1. The first-order valence-corrected chi connectivity index (χ1v) is 6.50. The molecule has 0 bridgehead atoms. The van der Waals surface area contributed by atoms with E-state index in [1.54, 1.807) is 13.8 Å². The topological polar surface area (TPSA) is 49.7 Å². The van der Waals surface area contributed by atoms with Gasteiger partial charge in [0.2, 0.25) is 0 Å². The monoisotopic (exact) mass is 252 g/mol. The maximum absolute atomic E-state index is 9.89. The van der Waals surface area contributed by atoms with Crippen LogP contribution in [0.5, 0.6) is 0 Å². The second-order valence-corrected chi connectivity index (χ2v) is 4.92. The van der Waals surface area contributed by atoms with E-state index in [0.717, 1.165) is 5.56 Å². The summed E-state index contributed by atoms with van der Waals surface area (Å²) in [6, 6.07) is 9.90. The van der Waals surface area contributed by atoms with E-state index in [-0.39, 0.29) is 0 Å². The number of rotatable bonds is 7. The third kappa shape index (κ3) is 3.55. The lowest BCUT2D eigenvalue weighted by atomic mass is 9.76. The van der Waals surface area contributed by atoms with Crippen molar-refractivity contribution >= 4 is 0 Å². The lowest BCUT2D eigenvalue weighted by molar-refractivity contribution is -0.108. The van der Waals surface area contributed by atoms with Gasteiger partial charge in [-0.2, -0.15) is 0 Å². The molecule has 1 aromatic carbocycles. The molecule has 18 heavy (non-hydrogen) atoms. The van der Waals surface area contributed by atoms with Crippen molar-refractivity contribution < 1.29 is 14.9 Å². The third-order valence-corrected chi connectivity index (χ3v) is 3.80. The standard InChI is InChI=1S/C15H24O3/c1-4-15(12(2)16,13(3)17)11-18-10-14-8-6-5-7-9-14/h5-9,12-13,16-17H,4,10-11H2,1-3H3. The summed E-state index contributed by atoms with van der Waals surface area (Å²) in [4.78, 5) is 0. The summed E-state index contributed by atoms with van der Waals surface area (Å²) in [5, 5.41) is 19.8. The molecule has 1 rings (SSSR count). The first-order chi connectivity index (χ1) is 8.53. The lowest BCUT2D eigenvalue weighted by Crippen LogP contribution is -2.46. The van der Waals surface area contributed by atoms with Crippen LogP contribution in [0.2, 0.25) is 0 Å². The number of ether oxygens (including phenoxy) is 1. The van der Waals surface area contributed by atoms with Gasteiger partial charge in [0, 0.05) is 5.41 Å². The van der Waals surface area contributed by atoms with Crippen molar-refractivity contribution in [1.82, 2.24) is 0 Å². The second kappa shape index (κ2) is 6.88. The van der Waals surface area contributed by atoms with Crippen molar-refractivity contribution in [3.05, 3.63) is 35.9 Å². The van der Waals surface area contributed by atoms with Crippen LogP contribution in [0.15, 0.2) is 30.3 Å². The van der Waals surface area contributed by atoms with Gasteiger partial charge in [-0.25, -0.2) is 0 Å². The quantitative estimate of drug-likeness (QED) is 0.783. The summed E-state index contributed by atoms with van der Waals surface area (Å²) in [6.45, 7) is 6.24. The molecule has 0 radical (unpaired) electrons. The van der Waals surface area contributed by atoms with E-state index in [1.807, 2.05) is 37.3 Å². The molecule has 2 unspecified atom stereocenters. The summed E-state index contributed by atoms with van der Waals surface area (Å²) in [6.07, 6.45) is -0.520. The Morgan fingerprint density at radius 2 is 1.67 bits per heavy atom. The van der Waals surface area contributed by atoms with Crippen LogP contribution in [-0.4, -0.2) is 29.0 Å². The molecule has 0 saturated carbocycles. The van der Waals surface area contributed by atoms with E-state index >= 15 is 0 Å². The van der Waals surface area contributed by atoms with Gasteiger partial charge in [-0.15, -0.1) is 0 Å². The maximum Gasteiger partial charge on any atom is 0.0717 e. The first kappa shape index (κ1) is 15.2. The molecule has 0 amide bonds. The minimum Gasteiger partial charge on any atom is -0.393 e. The fraction of sp³-hybridized carbons (Fsp3) is 0.600. The molecule has 0 spiro atoms. The van der Waals surface area contributed by atoms with Gasteiger partial charge in [0.15, 0.2) is 0 Å². The molecule has 1 aromatic rings. The van der Waals surface area contributed by atoms with E-state index < -0.39 is 17.6 Å². The molecular formula is C15H24O3. The van der Waals surface area contributed by atoms with Gasteiger partial charge >= 0.3 is 0 Å². The highest BCUT2D eigenvalue weighted by Crippen LogP contribution is 2.31. The molecule has 3 heteroatoms. The Bertz CT molecular complexity index is 325. The van der Waals surface area contributed by atoms with E-state index in [1.165, 1.54) is 0 Å². The molecule has 0 saturated heterocycles. The molecule has 102 valence electrons. The summed E-state index contributed by atoms with van der Waals surface area (Å²) in [7, 11) is 0. The Hall–Kier alpha value is -0.900. The van der Waals surface area contributed by atoms with Crippen molar-refractivity contribution in [2.45, 2.75) is 46.0 Å². The molecule has 0 aliphatic carbocycles. The summed E-state index contributed by atoms with van der Waals surface area (Å²) < 4.78 is 5.68. The smallest absolute Gasteiger partial charge is 0.0717 e. The number of aliphatic hydroxyl groups excluding tert-OH is 2. The number of aliphatic hydroxyl groups is 2. The lowest BCUT2D eigenvalue weighted by Gasteiger charge is -2.38. The molecular weight excluding hydrogens is 228 g/mol. The van der Waals surface area contributed by atoms with Crippen LogP contribution in [0, 0.1) is 5.41 Å². The zero-order valence-corrected chi connectivity index (χ0v) is 11.5. The van der Waals surface area contributed by atoms with E-state index in [0.29, 0.717) is 19.6 Å². The Balaban J connectivity index is 2.58. The van der Waals surface area contributed by atoms with Crippen LogP contribution in [0.3, 0.4) is 0 Å². The first-order valence-electron chi connectivity index (χ1n) is 6.50. The van der Waals surface area contributed by atoms with Crippen LogP contribution in [0.4, 0.5) is 0 Å². The molecule has 0 heterocycles. The van der Waals surface area contributed by atoms with Gasteiger partial charge in [0.05, 0.1) is 25.4 Å². The van der Waals surface area contributed by atoms with Crippen LogP contribution in [0.25, 0.3) is 0 Å². The third-order valence-electron chi connectivity index (χ3n) is 3.80. The molecule has 2 N–H and O–H groups in total. The Kier molecular flexibility index (Phi) is 5.79. The zero-order valence-electron chi connectivity index (χ0n) is 11.5. The highest BCUT2D eigenvalue weighted by molar-refractivity contribution is 5.13. The summed E-state index contributed by atoms with van der Waals surface area (Å²) >= 11 is 0. The van der Waals surface area contributed by atoms with Crippen LogP contribution in [0.1, 0.15) is 32.8 Å². The van der Waals surface area contributed by atoms with Gasteiger partial charge < -0.3 is 14.9 Å². The fourth-order valence-corrected chi connectivity index (χ4v) is 2.22. The van der Waals surface area contributed by atoms with Gasteiger partial charge in [0.1, 0.15) is 0 Å². The molecule has 2 atom stereocenters. The Morgan fingerprint density at radius 1 is 1.11 bits per heavy atom. The molecule has 0 aromatic heterocycles. The summed E-state index contributed by atoms with van der Waals surface area (Å²) in [5.41, 5.74) is 0.507. The van der Waals surface area contributed by atoms with Crippen LogP contribution in [-0.2, 0) is 11.3 Å².